The van der Waals surface area contributed by atoms with E-state index in [4.69, 9.17) is 23.2 Å². The number of Topliss-reactive ketones (excluding diaryl/α,β-unsaturated/α-hetero) is 1. The number of allylic oxidation sites excluding steroid dienone is 2. The fourth-order valence-electron chi connectivity index (χ4n) is 2.89. The van der Waals surface area contributed by atoms with Crippen molar-refractivity contribution in [2.24, 2.45) is 5.92 Å². The topological polar surface area (TPSA) is 17.1 Å². The van der Waals surface area contributed by atoms with Crippen LogP contribution in [-0.2, 0) is 4.79 Å². The second-order valence-corrected chi connectivity index (χ2v) is 7.01. The van der Waals surface area contributed by atoms with Crippen molar-refractivity contribution in [3.8, 4) is 0 Å². The first-order valence-corrected chi connectivity index (χ1v) is 8.76. The van der Waals surface area contributed by atoms with Gasteiger partial charge in [-0.1, -0.05) is 54.4 Å². The van der Waals surface area contributed by atoms with E-state index in [1.165, 1.54) is 0 Å². The molecule has 1 aliphatic rings. The summed E-state index contributed by atoms with van der Waals surface area (Å²) in [5.74, 6) is 0.397. The van der Waals surface area contributed by atoms with Crippen molar-refractivity contribution in [2.75, 3.05) is 0 Å². The molecule has 122 valence electrons. The highest BCUT2D eigenvalue weighted by Gasteiger charge is 2.26. The Morgan fingerprint density at radius 2 is 1.38 bits per heavy atom. The molecule has 1 nitrogen and oxygen atoms in total. The Balaban J connectivity index is 1.91. The number of halogens is 2. The molecule has 0 spiro atoms. The van der Waals surface area contributed by atoms with E-state index in [-0.39, 0.29) is 11.7 Å². The van der Waals surface area contributed by atoms with Crippen LogP contribution in [0.5, 0.6) is 0 Å². The molecular weight excluding hydrogens is 339 g/mol. The monoisotopic (exact) mass is 356 g/mol. The van der Waals surface area contributed by atoms with Crippen LogP contribution in [0.3, 0.4) is 0 Å². The van der Waals surface area contributed by atoms with Crippen LogP contribution < -0.4 is 0 Å². The van der Waals surface area contributed by atoms with Crippen LogP contribution in [0, 0.1) is 5.92 Å². The first kappa shape index (κ1) is 17.0. The largest absolute Gasteiger partial charge is 0.289 e. The van der Waals surface area contributed by atoms with Crippen LogP contribution in [-0.4, -0.2) is 5.78 Å². The molecule has 0 radical (unpaired) electrons. The SMILES string of the molecule is C[C@@H]1CC/C(=C\c2ccc(Cl)cc2)C(=O)/C1=C/c1ccc(Cl)cc1. The van der Waals surface area contributed by atoms with Crippen LogP contribution in [0.2, 0.25) is 10.0 Å². The highest BCUT2D eigenvalue weighted by molar-refractivity contribution is 6.30. The zero-order chi connectivity index (χ0) is 17.1. The first-order valence-electron chi connectivity index (χ1n) is 8.01. The smallest absolute Gasteiger partial charge is 0.185 e. The van der Waals surface area contributed by atoms with Crippen molar-refractivity contribution in [3.05, 3.63) is 80.8 Å². The lowest BCUT2D eigenvalue weighted by molar-refractivity contribution is -0.113. The van der Waals surface area contributed by atoms with Crippen LogP contribution in [0.25, 0.3) is 12.2 Å². The van der Waals surface area contributed by atoms with E-state index in [2.05, 4.69) is 6.92 Å². The number of ketones is 1. The van der Waals surface area contributed by atoms with Gasteiger partial charge in [-0.25, -0.2) is 0 Å². The average Bonchev–Trinajstić information content (AvgIpc) is 2.58. The van der Waals surface area contributed by atoms with Crippen molar-refractivity contribution in [3.63, 3.8) is 0 Å². The molecule has 0 N–H and O–H groups in total. The number of rotatable bonds is 2. The van der Waals surface area contributed by atoms with Gasteiger partial charge in [-0.2, -0.15) is 0 Å². The Morgan fingerprint density at radius 1 is 0.875 bits per heavy atom. The van der Waals surface area contributed by atoms with Gasteiger partial charge in [0.05, 0.1) is 0 Å². The molecule has 0 saturated heterocycles. The third kappa shape index (κ3) is 3.98. The Bertz CT molecular complexity index is 799. The van der Waals surface area contributed by atoms with Gasteiger partial charge in [0.2, 0.25) is 0 Å². The zero-order valence-electron chi connectivity index (χ0n) is 13.4. The number of carbonyl (C=O) groups is 1. The Kier molecular flexibility index (Phi) is 5.23. The molecule has 0 amide bonds. The summed E-state index contributed by atoms with van der Waals surface area (Å²) >= 11 is 11.9. The van der Waals surface area contributed by atoms with Crippen LogP contribution in [0.4, 0.5) is 0 Å². The van der Waals surface area contributed by atoms with E-state index in [1.54, 1.807) is 0 Å². The molecule has 0 bridgehead atoms. The van der Waals surface area contributed by atoms with E-state index >= 15 is 0 Å². The maximum atomic E-state index is 12.9. The summed E-state index contributed by atoms with van der Waals surface area (Å²) in [6.07, 6.45) is 5.74. The maximum absolute atomic E-state index is 12.9. The second-order valence-electron chi connectivity index (χ2n) is 6.14. The molecule has 2 aromatic rings. The summed E-state index contributed by atoms with van der Waals surface area (Å²) in [7, 11) is 0. The molecule has 0 aromatic heterocycles. The minimum Gasteiger partial charge on any atom is -0.289 e. The predicted molar refractivity (Wildman–Crippen MR) is 102 cm³/mol. The number of hydrogen-bond acceptors (Lipinski definition) is 1. The van der Waals surface area contributed by atoms with Gasteiger partial charge < -0.3 is 0 Å². The Hall–Kier alpha value is -1.83. The normalized spacial score (nSPS) is 21.5. The maximum Gasteiger partial charge on any atom is 0.185 e. The molecule has 1 fully saturated rings. The van der Waals surface area contributed by atoms with Gasteiger partial charge in [-0.05, 0) is 66.3 Å². The van der Waals surface area contributed by atoms with Gasteiger partial charge in [0.1, 0.15) is 0 Å². The molecule has 0 heterocycles. The van der Waals surface area contributed by atoms with E-state index in [1.807, 2.05) is 60.7 Å². The highest BCUT2D eigenvalue weighted by atomic mass is 35.5. The van der Waals surface area contributed by atoms with Crippen LogP contribution in [0.1, 0.15) is 30.9 Å². The summed E-state index contributed by atoms with van der Waals surface area (Å²) in [6.45, 7) is 2.11. The third-order valence-corrected chi connectivity index (χ3v) is 4.84. The standard InChI is InChI=1S/C21H18Cl2O/c1-14-2-7-17(12-15-3-8-18(22)9-4-15)21(24)20(14)13-16-5-10-19(23)11-6-16/h3-6,8-14H,2,7H2,1H3/b17-12+,20-13+/t14-/m1/s1. The molecule has 3 heteroatoms. The Morgan fingerprint density at radius 3 is 1.92 bits per heavy atom. The highest BCUT2D eigenvalue weighted by Crippen LogP contribution is 2.32. The lowest BCUT2D eigenvalue weighted by Crippen LogP contribution is -2.19. The molecule has 24 heavy (non-hydrogen) atoms. The number of hydrogen-bond donors (Lipinski definition) is 0. The minimum absolute atomic E-state index is 0.138. The van der Waals surface area contributed by atoms with Crippen molar-refractivity contribution in [2.45, 2.75) is 19.8 Å². The predicted octanol–water partition coefficient (Wildman–Crippen LogP) is 6.46. The summed E-state index contributed by atoms with van der Waals surface area (Å²) in [5.41, 5.74) is 3.73. The van der Waals surface area contributed by atoms with Crippen molar-refractivity contribution in [1.82, 2.24) is 0 Å². The quantitative estimate of drug-likeness (QED) is 0.564. The van der Waals surface area contributed by atoms with Gasteiger partial charge in [0.15, 0.2) is 5.78 Å². The van der Waals surface area contributed by atoms with Gasteiger partial charge >= 0.3 is 0 Å². The van der Waals surface area contributed by atoms with Crippen LogP contribution >= 0.6 is 23.2 Å². The number of carbonyl (C=O) groups excluding carboxylic acids is 1. The lowest BCUT2D eigenvalue weighted by atomic mass is 9.80. The van der Waals surface area contributed by atoms with Crippen LogP contribution in [0.15, 0.2) is 59.7 Å². The summed E-state index contributed by atoms with van der Waals surface area (Å²) < 4.78 is 0. The molecule has 1 atom stereocenters. The van der Waals surface area contributed by atoms with E-state index < -0.39 is 0 Å². The van der Waals surface area contributed by atoms with Crippen molar-refractivity contribution in [1.29, 1.82) is 0 Å². The van der Waals surface area contributed by atoms with Gasteiger partial charge in [0.25, 0.3) is 0 Å². The fraction of sp³-hybridized carbons (Fsp3) is 0.190. The molecular formula is C21H18Cl2O. The zero-order valence-corrected chi connectivity index (χ0v) is 14.9. The summed E-state index contributed by atoms with van der Waals surface area (Å²) in [6, 6.07) is 15.1. The molecule has 3 rings (SSSR count). The van der Waals surface area contributed by atoms with Crippen molar-refractivity contribution >= 4 is 41.1 Å². The minimum atomic E-state index is 0.138. The van der Waals surface area contributed by atoms with Gasteiger partial charge in [0, 0.05) is 21.2 Å². The van der Waals surface area contributed by atoms with Crippen molar-refractivity contribution < 1.29 is 4.79 Å². The lowest BCUT2D eigenvalue weighted by Gasteiger charge is -2.23. The average molecular weight is 357 g/mol. The van der Waals surface area contributed by atoms with Gasteiger partial charge in [-0.15, -0.1) is 0 Å². The molecule has 0 unspecified atom stereocenters. The van der Waals surface area contributed by atoms with E-state index in [0.29, 0.717) is 10.0 Å². The summed E-state index contributed by atoms with van der Waals surface area (Å²) in [5, 5.41) is 1.40. The molecule has 0 aliphatic heterocycles. The fourth-order valence-corrected chi connectivity index (χ4v) is 3.15. The first-order chi connectivity index (χ1) is 11.5. The van der Waals surface area contributed by atoms with E-state index in [0.717, 1.165) is 35.1 Å². The third-order valence-electron chi connectivity index (χ3n) is 4.33. The Labute approximate surface area is 152 Å². The molecule has 2 aromatic carbocycles. The van der Waals surface area contributed by atoms with E-state index in [9.17, 15) is 4.79 Å². The van der Waals surface area contributed by atoms with Gasteiger partial charge in [-0.3, -0.25) is 4.79 Å². The number of benzene rings is 2. The molecule has 1 saturated carbocycles. The summed E-state index contributed by atoms with van der Waals surface area (Å²) in [4.78, 5) is 12.9. The second kappa shape index (κ2) is 7.38. The molecule has 1 aliphatic carbocycles.